The highest BCUT2D eigenvalue weighted by atomic mass is 16.5. The summed E-state index contributed by atoms with van der Waals surface area (Å²) in [5, 5.41) is 6.46. The zero-order chi connectivity index (χ0) is 22.8. The number of pyridine rings is 1. The molecule has 2 aliphatic heterocycles. The van der Waals surface area contributed by atoms with Crippen LogP contribution in [-0.4, -0.2) is 68.3 Å². The smallest absolute Gasteiger partial charge is 0.252 e. The first-order chi connectivity index (χ1) is 16.1. The summed E-state index contributed by atoms with van der Waals surface area (Å²) in [6.07, 6.45) is 4.21. The van der Waals surface area contributed by atoms with Crippen LogP contribution in [0, 0.1) is 0 Å². The van der Waals surface area contributed by atoms with Gasteiger partial charge in [0.15, 0.2) is 0 Å². The third-order valence-corrected chi connectivity index (χ3v) is 6.91. The molecule has 7 heteroatoms. The largest absolute Gasteiger partial charge is 0.381 e. The van der Waals surface area contributed by atoms with Gasteiger partial charge in [0.2, 0.25) is 0 Å². The third-order valence-electron chi connectivity index (χ3n) is 6.91. The third kappa shape index (κ3) is 5.05. The average molecular weight is 450 g/mol. The van der Waals surface area contributed by atoms with Gasteiger partial charge in [-0.25, -0.2) is 4.98 Å². The molecule has 1 amide bonds. The molecule has 1 saturated heterocycles. The molecule has 5 rings (SSSR count). The standard InChI is InChI=1S/C26H35N5O2/c1-27-10-11-30(2)16-18-4-3-5-19(14-18)24-15-22(26(32)28-20-8-12-33-13-9-20)23-17-31(21-6-7-21)25(23)29-24/h3-5,14-15,20-21,27H,6-13,16-17H2,1-2H3,(H,28,32). The molecule has 1 aromatic carbocycles. The Morgan fingerprint density at radius 1 is 1.21 bits per heavy atom. The maximum atomic E-state index is 13.3. The van der Waals surface area contributed by atoms with Gasteiger partial charge in [-0.2, -0.15) is 0 Å². The Balaban J connectivity index is 1.41. The van der Waals surface area contributed by atoms with E-state index in [0.29, 0.717) is 6.04 Å². The molecular formula is C26H35N5O2. The first kappa shape index (κ1) is 22.3. The van der Waals surface area contributed by atoms with Crippen molar-refractivity contribution in [2.75, 3.05) is 45.3 Å². The molecule has 3 aliphatic rings. The predicted octanol–water partition coefficient (Wildman–Crippen LogP) is 2.79. The van der Waals surface area contributed by atoms with Gasteiger partial charge in [-0.05, 0) is 57.5 Å². The molecule has 0 bridgehead atoms. The van der Waals surface area contributed by atoms with E-state index in [9.17, 15) is 4.79 Å². The van der Waals surface area contributed by atoms with Gasteiger partial charge in [-0.15, -0.1) is 0 Å². The number of nitrogens with zero attached hydrogens (tertiary/aromatic N) is 3. The Morgan fingerprint density at radius 3 is 2.79 bits per heavy atom. The Labute approximate surface area is 196 Å². The van der Waals surface area contributed by atoms with E-state index in [1.165, 1.54) is 18.4 Å². The second-order valence-corrected chi connectivity index (χ2v) is 9.62. The van der Waals surface area contributed by atoms with Gasteiger partial charge in [0.05, 0.1) is 11.3 Å². The summed E-state index contributed by atoms with van der Waals surface area (Å²) in [5.74, 6) is 1.03. The maximum absolute atomic E-state index is 13.3. The number of anilines is 1. The van der Waals surface area contributed by atoms with E-state index in [0.717, 1.165) is 80.4 Å². The Bertz CT molecular complexity index is 1000. The Kier molecular flexibility index (Phi) is 6.62. The van der Waals surface area contributed by atoms with E-state index in [4.69, 9.17) is 9.72 Å². The molecular weight excluding hydrogens is 414 g/mol. The molecule has 2 fully saturated rings. The van der Waals surface area contributed by atoms with Crippen LogP contribution in [-0.2, 0) is 17.8 Å². The molecule has 1 aliphatic carbocycles. The van der Waals surface area contributed by atoms with Crippen molar-refractivity contribution in [3.8, 4) is 11.3 Å². The minimum absolute atomic E-state index is 0.0280. The van der Waals surface area contributed by atoms with Crippen molar-refractivity contribution >= 4 is 11.7 Å². The zero-order valence-corrected chi connectivity index (χ0v) is 19.8. The van der Waals surface area contributed by atoms with Crippen LogP contribution in [0.2, 0.25) is 0 Å². The SMILES string of the molecule is CNCCN(C)Cc1cccc(-c2cc(C(=O)NC3CCOCC3)c3c(n2)N(C2CC2)C3)c1. The monoisotopic (exact) mass is 449 g/mol. The van der Waals surface area contributed by atoms with E-state index in [1.807, 2.05) is 13.1 Å². The van der Waals surface area contributed by atoms with Gasteiger partial charge in [0, 0.05) is 62.6 Å². The second kappa shape index (κ2) is 9.79. The highest BCUT2D eigenvalue weighted by molar-refractivity contribution is 5.99. The van der Waals surface area contributed by atoms with Crippen LogP contribution in [0.5, 0.6) is 0 Å². The number of likely N-dealkylation sites (N-methyl/N-ethyl adjacent to an activating group) is 2. The van der Waals surface area contributed by atoms with Crippen LogP contribution in [0.15, 0.2) is 30.3 Å². The molecule has 0 unspecified atom stereocenters. The lowest BCUT2D eigenvalue weighted by atomic mass is 9.96. The van der Waals surface area contributed by atoms with Crippen LogP contribution in [0.25, 0.3) is 11.3 Å². The number of aromatic nitrogens is 1. The van der Waals surface area contributed by atoms with Gasteiger partial charge in [0.1, 0.15) is 5.82 Å². The van der Waals surface area contributed by atoms with Crippen molar-refractivity contribution in [3.63, 3.8) is 0 Å². The molecule has 1 aromatic heterocycles. The average Bonchev–Trinajstić information content (AvgIpc) is 3.64. The van der Waals surface area contributed by atoms with Crippen LogP contribution in [0.1, 0.15) is 47.2 Å². The summed E-state index contributed by atoms with van der Waals surface area (Å²) >= 11 is 0. The molecule has 0 atom stereocenters. The van der Waals surface area contributed by atoms with Crippen molar-refractivity contribution in [3.05, 3.63) is 47.0 Å². The maximum Gasteiger partial charge on any atom is 0.252 e. The molecule has 0 radical (unpaired) electrons. The number of hydrogen-bond donors (Lipinski definition) is 2. The van der Waals surface area contributed by atoms with Gasteiger partial charge < -0.3 is 25.2 Å². The molecule has 1 saturated carbocycles. The van der Waals surface area contributed by atoms with E-state index in [-0.39, 0.29) is 11.9 Å². The molecule has 2 aromatic rings. The minimum Gasteiger partial charge on any atom is -0.381 e. The summed E-state index contributed by atoms with van der Waals surface area (Å²) < 4.78 is 5.45. The molecule has 3 heterocycles. The topological polar surface area (TPSA) is 69.7 Å². The lowest BCUT2D eigenvalue weighted by Crippen LogP contribution is -2.42. The number of ether oxygens (including phenoxy) is 1. The highest BCUT2D eigenvalue weighted by Crippen LogP contribution is 2.43. The number of benzene rings is 1. The number of rotatable bonds is 9. The fourth-order valence-electron chi connectivity index (χ4n) is 4.77. The highest BCUT2D eigenvalue weighted by Gasteiger charge is 2.40. The molecule has 2 N–H and O–H groups in total. The summed E-state index contributed by atoms with van der Waals surface area (Å²) in [5.41, 5.74) is 5.09. The number of fused-ring (bicyclic) bond motifs is 1. The van der Waals surface area contributed by atoms with Crippen molar-refractivity contribution < 1.29 is 9.53 Å². The Hall–Kier alpha value is -2.48. The fraction of sp³-hybridized carbons (Fsp3) is 0.538. The van der Waals surface area contributed by atoms with Gasteiger partial charge in [-0.1, -0.05) is 18.2 Å². The molecule has 176 valence electrons. The first-order valence-corrected chi connectivity index (χ1v) is 12.2. The quantitative estimate of drug-likeness (QED) is 0.614. The van der Waals surface area contributed by atoms with E-state index < -0.39 is 0 Å². The first-order valence-electron chi connectivity index (χ1n) is 12.2. The van der Waals surface area contributed by atoms with Crippen molar-refractivity contribution in [2.45, 2.75) is 50.9 Å². The summed E-state index contributed by atoms with van der Waals surface area (Å²) in [6, 6.07) is 11.4. The van der Waals surface area contributed by atoms with Gasteiger partial charge in [0.25, 0.3) is 5.91 Å². The van der Waals surface area contributed by atoms with Gasteiger partial charge in [-0.3, -0.25) is 4.79 Å². The number of nitrogens with one attached hydrogen (secondary N) is 2. The number of amides is 1. The summed E-state index contributed by atoms with van der Waals surface area (Å²) in [6.45, 7) is 5.10. The number of hydrogen-bond acceptors (Lipinski definition) is 6. The van der Waals surface area contributed by atoms with E-state index in [1.54, 1.807) is 0 Å². The fourth-order valence-corrected chi connectivity index (χ4v) is 4.77. The molecule has 33 heavy (non-hydrogen) atoms. The van der Waals surface area contributed by atoms with Gasteiger partial charge >= 0.3 is 0 Å². The molecule has 0 spiro atoms. The van der Waals surface area contributed by atoms with Crippen LogP contribution < -0.4 is 15.5 Å². The van der Waals surface area contributed by atoms with Crippen LogP contribution in [0.4, 0.5) is 5.82 Å². The Morgan fingerprint density at radius 2 is 2.03 bits per heavy atom. The van der Waals surface area contributed by atoms with Crippen molar-refractivity contribution in [1.82, 2.24) is 20.5 Å². The van der Waals surface area contributed by atoms with Crippen LogP contribution >= 0.6 is 0 Å². The normalized spacial score (nSPS) is 18.2. The lowest BCUT2D eigenvalue weighted by molar-refractivity contribution is 0.0696. The lowest BCUT2D eigenvalue weighted by Gasteiger charge is -2.37. The number of carbonyl (C=O) groups is 1. The number of carbonyl (C=O) groups excluding carboxylic acids is 1. The second-order valence-electron chi connectivity index (χ2n) is 9.62. The summed E-state index contributed by atoms with van der Waals surface area (Å²) in [4.78, 5) is 23.0. The van der Waals surface area contributed by atoms with Crippen molar-refractivity contribution in [2.24, 2.45) is 0 Å². The van der Waals surface area contributed by atoms with E-state index >= 15 is 0 Å². The zero-order valence-electron chi connectivity index (χ0n) is 19.8. The van der Waals surface area contributed by atoms with Crippen LogP contribution in [0.3, 0.4) is 0 Å². The van der Waals surface area contributed by atoms with E-state index in [2.05, 4.69) is 51.7 Å². The summed E-state index contributed by atoms with van der Waals surface area (Å²) in [7, 11) is 4.12. The molecule has 7 nitrogen and oxygen atoms in total. The minimum atomic E-state index is 0.0280. The van der Waals surface area contributed by atoms with Crippen molar-refractivity contribution in [1.29, 1.82) is 0 Å². The predicted molar refractivity (Wildman–Crippen MR) is 130 cm³/mol.